The summed E-state index contributed by atoms with van der Waals surface area (Å²) in [5.41, 5.74) is 0.818. The van der Waals surface area contributed by atoms with Crippen molar-refractivity contribution >= 4 is 17.3 Å². The van der Waals surface area contributed by atoms with Gasteiger partial charge in [-0.05, 0) is 12.0 Å². The van der Waals surface area contributed by atoms with Gasteiger partial charge in [-0.2, -0.15) is 0 Å². The van der Waals surface area contributed by atoms with E-state index in [-0.39, 0.29) is 0 Å². The van der Waals surface area contributed by atoms with Crippen molar-refractivity contribution < 1.29 is 17.7 Å². The molecule has 0 bridgehead atoms. The van der Waals surface area contributed by atoms with E-state index in [9.17, 15) is 13.6 Å². The third-order valence-corrected chi connectivity index (χ3v) is 6.28. The van der Waals surface area contributed by atoms with Crippen LogP contribution in [0.2, 0.25) is 0 Å². The van der Waals surface area contributed by atoms with Crippen LogP contribution in [0.3, 0.4) is 0 Å². The zero-order chi connectivity index (χ0) is 22.6. The molecule has 0 heterocycles. The number of benzene rings is 1. The van der Waals surface area contributed by atoms with Crippen molar-refractivity contribution in [2.45, 2.75) is 122 Å². The van der Waals surface area contributed by atoms with Crippen molar-refractivity contribution in [3.8, 4) is 0 Å². The molecule has 0 aromatic heterocycles. The van der Waals surface area contributed by atoms with Crippen LogP contribution in [0, 0.1) is 0 Å². The molecule has 0 aliphatic heterocycles. The quantitative estimate of drug-likeness (QED) is 0.150. The van der Waals surface area contributed by atoms with Crippen LogP contribution in [0.1, 0.15) is 128 Å². The van der Waals surface area contributed by atoms with E-state index in [4.69, 9.17) is 0 Å². The van der Waals surface area contributed by atoms with E-state index in [1.165, 1.54) is 89.9 Å². The Bertz CT molecular complexity index is 576. The predicted octanol–water partition coefficient (Wildman–Crippen LogP) is 7.76. The van der Waals surface area contributed by atoms with Gasteiger partial charge in [0.15, 0.2) is 0 Å². The molecule has 0 saturated carbocycles. The van der Waals surface area contributed by atoms with Crippen LogP contribution in [-0.2, 0) is 20.3 Å². The molecule has 2 atom stereocenters. The van der Waals surface area contributed by atoms with Gasteiger partial charge in [0, 0.05) is 0 Å². The molecule has 1 aromatic rings. The molecule has 0 radical (unpaired) electrons. The van der Waals surface area contributed by atoms with Gasteiger partial charge in [0.25, 0.3) is 0 Å². The molecule has 0 saturated heterocycles. The number of hydrogen-bond donors (Lipinski definition) is 0. The largest absolute Gasteiger partial charge is 0.740 e. The average molecular weight is 452 g/mol. The SMILES string of the molecule is CCCCCCCCCCCCCCCCCCC(C(=O)OS(=O)[O-])c1ccccc1. The van der Waals surface area contributed by atoms with Crippen LogP contribution in [0.4, 0.5) is 0 Å². The van der Waals surface area contributed by atoms with Gasteiger partial charge in [-0.1, -0.05) is 140 Å². The van der Waals surface area contributed by atoms with E-state index in [0.717, 1.165) is 18.4 Å². The summed E-state index contributed by atoms with van der Waals surface area (Å²) in [6.45, 7) is 2.27. The first-order chi connectivity index (χ1) is 15.1. The van der Waals surface area contributed by atoms with Crippen LogP contribution in [0.25, 0.3) is 0 Å². The Kier molecular flexibility index (Phi) is 17.5. The van der Waals surface area contributed by atoms with Gasteiger partial charge in [0.2, 0.25) is 0 Å². The second kappa shape index (κ2) is 19.5. The molecule has 0 amide bonds. The molecule has 31 heavy (non-hydrogen) atoms. The van der Waals surface area contributed by atoms with E-state index in [1.807, 2.05) is 30.3 Å². The van der Waals surface area contributed by atoms with Crippen molar-refractivity contribution in [1.82, 2.24) is 0 Å². The maximum atomic E-state index is 12.1. The fourth-order valence-corrected chi connectivity index (χ4v) is 4.38. The van der Waals surface area contributed by atoms with Crippen LogP contribution in [0.15, 0.2) is 30.3 Å². The van der Waals surface area contributed by atoms with Gasteiger partial charge in [-0.25, -0.2) is 4.21 Å². The summed E-state index contributed by atoms with van der Waals surface area (Å²) in [7, 11) is 0. The van der Waals surface area contributed by atoms with Gasteiger partial charge >= 0.3 is 5.97 Å². The minimum atomic E-state index is -2.81. The lowest BCUT2D eigenvalue weighted by Crippen LogP contribution is -2.17. The van der Waals surface area contributed by atoms with Gasteiger partial charge in [-0.3, -0.25) is 4.79 Å². The number of rotatable bonds is 20. The molecule has 0 aliphatic rings. The summed E-state index contributed by atoms with van der Waals surface area (Å²) < 4.78 is 25.9. The number of hydrogen-bond acceptors (Lipinski definition) is 4. The number of unbranched alkanes of at least 4 members (excludes halogenated alkanes) is 15. The van der Waals surface area contributed by atoms with Crippen LogP contribution in [-0.4, -0.2) is 14.7 Å². The van der Waals surface area contributed by atoms with E-state index in [2.05, 4.69) is 11.1 Å². The summed E-state index contributed by atoms with van der Waals surface area (Å²) in [5, 5.41) is 0. The first-order valence-electron chi connectivity index (χ1n) is 12.5. The van der Waals surface area contributed by atoms with Crippen LogP contribution in [0.5, 0.6) is 0 Å². The number of carbonyl (C=O) groups is 1. The number of carbonyl (C=O) groups excluding carboxylic acids is 1. The van der Waals surface area contributed by atoms with E-state index in [0.29, 0.717) is 6.42 Å². The van der Waals surface area contributed by atoms with Gasteiger partial charge < -0.3 is 8.74 Å². The molecular formula is C26H43O4S-. The topological polar surface area (TPSA) is 66.4 Å². The minimum Gasteiger partial charge on any atom is -0.740 e. The van der Waals surface area contributed by atoms with E-state index < -0.39 is 23.2 Å². The highest BCUT2D eigenvalue weighted by Gasteiger charge is 2.22. The summed E-state index contributed by atoms with van der Waals surface area (Å²) >= 11 is -2.81. The monoisotopic (exact) mass is 451 g/mol. The van der Waals surface area contributed by atoms with Crippen LogP contribution >= 0.6 is 0 Å². The van der Waals surface area contributed by atoms with Crippen molar-refractivity contribution in [3.05, 3.63) is 35.9 Å². The Hall–Kier alpha value is -1.20. The highest BCUT2D eigenvalue weighted by atomic mass is 32.2. The van der Waals surface area contributed by atoms with Crippen molar-refractivity contribution in [2.75, 3.05) is 0 Å². The van der Waals surface area contributed by atoms with Gasteiger partial charge in [0.1, 0.15) is 11.4 Å². The standard InChI is InChI=1S/C26H44O4S/c1-2-3-4-5-6-7-8-9-10-11-12-13-14-15-16-20-23-25(26(27)30-31(28)29)24-21-18-17-19-22-24/h17-19,21-22,25H,2-16,20,23H2,1H3,(H,28,29)/p-1. The molecular weight excluding hydrogens is 408 g/mol. The molecule has 0 fully saturated rings. The van der Waals surface area contributed by atoms with Gasteiger partial charge in [-0.15, -0.1) is 0 Å². The molecule has 0 spiro atoms. The Balaban J connectivity index is 2.02. The molecule has 178 valence electrons. The smallest absolute Gasteiger partial charge is 0.326 e. The fraction of sp³-hybridized carbons (Fsp3) is 0.731. The first kappa shape index (κ1) is 27.8. The first-order valence-corrected chi connectivity index (χ1v) is 13.5. The highest BCUT2D eigenvalue weighted by molar-refractivity contribution is 7.74. The van der Waals surface area contributed by atoms with Gasteiger partial charge in [0.05, 0.1) is 5.92 Å². The van der Waals surface area contributed by atoms with Crippen molar-refractivity contribution in [3.63, 3.8) is 0 Å². The normalized spacial score (nSPS) is 13.1. The molecule has 0 aliphatic carbocycles. The molecule has 4 nitrogen and oxygen atoms in total. The molecule has 1 aromatic carbocycles. The Morgan fingerprint density at radius 2 is 1.19 bits per heavy atom. The summed E-state index contributed by atoms with van der Waals surface area (Å²) in [6.07, 6.45) is 21.5. The minimum absolute atomic E-state index is 0.509. The maximum absolute atomic E-state index is 12.1. The van der Waals surface area contributed by atoms with Crippen molar-refractivity contribution in [1.29, 1.82) is 0 Å². The second-order valence-corrected chi connectivity index (χ2v) is 9.24. The maximum Gasteiger partial charge on any atom is 0.326 e. The zero-order valence-corrected chi connectivity index (χ0v) is 20.3. The fourth-order valence-electron chi connectivity index (χ4n) is 4.13. The third kappa shape index (κ3) is 15.3. The predicted molar refractivity (Wildman–Crippen MR) is 128 cm³/mol. The molecule has 1 rings (SSSR count). The second-order valence-electron chi connectivity index (χ2n) is 8.66. The summed E-state index contributed by atoms with van der Waals surface area (Å²) in [4.78, 5) is 12.1. The zero-order valence-electron chi connectivity index (χ0n) is 19.5. The van der Waals surface area contributed by atoms with Crippen LogP contribution < -0.4 is 0 Å². The van der Waals surface area contributed by atoms with E-state index in [1.54, 1.807) is 0 Å². The lowest BCUT2D eigenvalue weighted by molar-refractivity contribution is -0.135. The Morgan fingerprint density at radius 1 is 0.774 bits per heavy atom. The van der Waals surface area contributed by atoms with Crippen molar-refractivity contribution in [2.24, 2.45) is 0 Å². The molecule has 0 N–H and O–H groups in total. The third-order valence-electron chi connectivity index (χ3n) is 5.98. The molecule has 2 unspecified atom stereocenters. The lowest BCUT2D eigenvalue weighted by atomic mass is 9.93. The molecule has 5 heteroatoms. The summed E-state index contributed by atoms with van der Waals surface area (Å²) in [6, 6.07) is 9.30. The highest BCUT2D eigenvalue weighted by Crippen LogP contribution is 2.25. The lowest BCUT2D eigenvalue weighted by Gasteiger charge is -2.16. The average Bonchev–Trinajstić information content (AvgIpc) is 2.76. The Labute approximate surface area is 193 Å². The van der Waals surface area contributed by atoms with E-state index >= 15 is 0 Å². The Morgan fingerprint density at radius 3 is 1.61 bits per heavy atom. The summed E-state index contributed by atoms with van der Waals surface area (Å²) in [5.74, 6) is -1.19.